The molecular formula is C14H12N4O2S. The number of thioether (sulfide) groups is 1. The first-order valence-electron chi connectivity index (χ1n) is 6.16. The maximum atomic E-state index is 11.8. The highest BCUT2D eigenvalue weighted by Gasteiger charge is 2.15. The van der Waals surface area contributed by atoms with E-state index < -0.39 is 5.97 Å². The van der Waals surface area contributed by atoms with Gasteiger partial charge < -0.3 is 4.74 Å². The molecule has 3 heterocycles. The summed E-state index contributed by atoms with van der Waals surface area (Å²) in [5.74, 6) is -0.412. The van der Waals surface area contributed by atoms with Gasteiger partial charge in [0.15, 0.2) is 10.8 Å². The fourth-order valence-corrected chi connectivity index (χ4v) is 2.41. The number of hydrogen-bond donors (Lipinski definition) is 0. The van der Waals surface area contributed by atoms with Gasteiger partial charge in [-0.3, -0.25) is 4.40 Å². The molecule has 0 aliphatic heterocycles. The molecule has 0 saturated heterocycles. The molecule has 0 radical (unpaired) electrons. The van der Waals surface area contributed by atoms with Gasteiger partial charge in [-0.1, -0.05) is 11.8 Å². The molecule has 0 unspecified atom stereocenters. The summed E-state index contributed by atoms with van der Waals surface area (Å²) in [6, 6.07) is 5.28. The number of methoxy groups -OCH3 is 1. The first kappa shape index (κ1) is 13.6. The Labute approximate surface area is 125 Å². The van der Waals surface area contributed by atoms with Crippen molar-refractivity contribution in [2.45, 2.75) is 5.16 Å². The van der Waals surface area contributed by atoms with E-state index in [1.54, 1.807) is 24.5 Å². The molecule has 0 atom stereocenters. The SMILES string of the molecule is COC(=O)c1cccn2c(-c3ccnc(SC)n3)cnc12. The zero-order chi connectivity index (χ0) is 14.8. The molecule has 0 spiro atoms. The van der Waals surface area contributed by atoms with E-state index in [-0.39, 0.29) is 0 Å². The predicted octanol–water partition coefficient (Wildman–Crippen LogP) is 2.30. The molecule has 0 N–H and O–H groups in total. The van der Waals surface area contributed by atoms with Crippen molar-refractivity contribution in [1.29, 1.82) is 0 Å². The van der Waals surface area contributed by atoms with Crippen molar-refractivity contribution in [2.75, 3.05) is 13.4 Å². The van der Waals surface area contributed by atoms with E-state index >= 15 is 0 Å². The van der Waals surface area contributed by atoms with E-state index in [9.17, 15) is 4.79 Å². The van der Waals surface area contributed by atoms with Crippen molar-refractivity contribution >= 4 is 23.4 Å². The number of aromatic nitrogens is 4. The quantitative estimate of drug-likeness (QED) is 0.420. The van der Waals surface area contributed by atoms with Gasteiger partial charge in [0.25, 0.3) is 0 Å². The van der Waals surface area contributed by atoms with Gasteiger partial charge in [-0.15, -0.1) is 0 Å². The number of pyridine rings is 1. The molecular weight excluding hydrogens is 288 g/mol. The highest BCUT2D eigenvalue weighted by Crippen LogP contribution is 2.22. The molecule has 0 aliphatic carbocycles. The van der Waals surface area contributed by atoms with Crippen molar-refractivity contribution in [3.05, 3.63) is 42.4 Å². The van der Waals surface area contributed by atoms with Gasteiger partial charge in [0.1, 0.15) is 5.56 Å². The number of carbonyl (C=O) groups is 1. The Bertz CT molecular complexity index is 816. The molecule has 6 nitrogen and oxygen atoms in total. The van der Waals surface area contributed by atoms with E-state index in [0.29, 0.717) is 16.4 Å². The number of ether oxygens (including phenoxy) is 1. The minimum absolute atomic E-state index is 0.412. The highest BCUT2D eigenvalue weighted by atomic mass is 32.2. The summed E-state index contributed by atoms with van der Waals surface area (Å²) < 4.78 is 6.59. The zero-order valence-electron chi connectivity index (χ0n) is 11.5. The fraction of sp³-hybridized carbons (Fsp3) is 0.143. The van der Waals surface area contributed by atoms with E-state index in [2.05, 4.69) is 15.0 Å². The number of hydrogen-bond acceptors (Lipinski definition) is 6. The number of imidazole rings is 1. The Morgan fingerprint density at radius 1 is 1.33 bits per heavy atom. The Morgan fingerprint density at radius 2 is 2.19 bits per heavy atom. The molecule has 0 aromatic carbocycles. The lowest BCUT2D eigenvalue weighted by Crippen LogP contribution is -2.04. The lowest BCUT2D eigenvalue weighted by atomic mass is 10.2. The van der Waals surface area contributed by atoms with Crippen LogP contribution in [0.2, 0.25) is 0 Å². The fourth-order valence-electron chi connectivity index (χ4n) is 2.05. The van der Waals surface area contributed by atoms with Gasteiger partial charge in [-0.25, -0.2) is 19.7 Å². The topological polar surface area (TPSA) is 69.4 Å². The van der Waals surface area contributed by atoms with Crippen LogP contribution < -0.4 is 0 Å². The van der Waals surface area contributed by atoms with Crippen molar-refractivity contribution in [3.63, 3.8) is 0 Å². The standard InChI is InChI=1S/C14H12N4O2S/c1-20-13(19)9-4-3-7-18-11(8-16-12(9)18)10-5-6-15-14(17-10)21-2/h3-8H,1-2H3. The number of nitrogens with zero attached hydrogens (tertiary/aromatic N) is 4. The summed E-state index contributed by atoms with van der Waals surface area (Å²) in [6.45, 7) is 0. The number of rotatable bonds is 3. The van der Waals surface area contributed by atoms with E-state index in [4.69, 9.17) is 4.74 Å². The van der Waals surface area contributed by atoms with Crippen molar-refractivity contribution in [3.8, 4) is 11.4 Å². The minimum atomic E-state index is -0.412. The second-order valence-corrected chi connectivity index (χ2v) is 4.95. The van der Waals surface area contributed by atoms with Crippen LogP contribution >= 0.6 is 11.8 Å². The summed E-state index contributed by atoms with van der Waals surface area (Å²) in [7, 11) is 1.35. The summed E-state index contributed by atoms with van der Waals surface area (Å²) in [4.78, 5) is 24.7. The third-order valence-electron chi connectivity index (χ3n) is 3.02. The Kier molecular flexibility index (Phi) is 3.57. The van der Waals surface area contributed by atoms with Crippen LogP contribution in [0.25, 0.3) is 17.0 Å². The average Bonchev–Trinajstić information content (AvgIpc) is 2.98. The van der Waals surface area contributed by atoms with Crippen LogP contribution in [-0.4, -0.2) is 38.7 Å². The van der Waals surface area contributed by atoms with E-state index in [0.717, 1.165) is 11.4 Å². The lowest BCUT2D eigenvalue weighted by Gasteiger charge is -2.04. The van der Waals surface area contributed by atoms with Crippen molar-refractivity contribution < 1.29 is 9.53 Å². The molecule has 21 heavy (non-hydrogen) atoms. The highest BCUT2D eigenvalue weighted by molar-refractivity contribution is 7.98. The largest absolute Gasteiger partial charge is 0.465 e. The van der Waals surface area contributed by atoms with Crippen LogP contribution in [0.5, 0.6) is 0 Å². The van der Waals surface area contributed by atoms with Crippen LogP contribution in [0.4, 0.5) is 0 Å². The van der Waals surface area contributed by atoms with Gasteiger partial charge in [0, 0.05) is 12.4 Å². The van der Waals surface area contributed by atoms with Crippen molar-refractivity contribution in [2.24, 2.45) is 0 Å². The Morgan fingerprint density at radius 3 is 2.95 bits per heavy atom. The average molecular weight is 300 g/mol. The monoisotopic (exact) mass is 300 g/mol. The summed E-state index contributed by atoms with van der Waals surface area (Å²) in [5, 5.41) is 0.687. The lowest BCUT2D eigenvalue weighted by molar-refractivity contribution is 0.0602. The van der Waals surface area contributed by atoms with Crippen LogP contribution in [0, 0.1) is 0 Å². The smallest absolute Gasteiger partial charge is 0.341 e. The summed E-state index contributed by atoms with van der Waals surface area (Å²) in [6.07, 6.45) is 7.15. The summed E-state index contributed by atoms with van der Waals surface area (Å²) >= 11 is 1.47. The van der Waals surface area contributed by atoms with E-state index in [1.807, 2.05) is 22.9 Å². The van der Waals surface area contributed by atoms with Crippen molar-refractivity contribution in [1.82, 2.24) is 19.4 Å². The Hall–Kier alpha value is -2.41. The molecule has 0 fully saturated rings. The number of carbonyl (C=O) groups excluding carboxylic acids is 1. The first-order valence-corrected chi connectivity index (χ1v) is 7.39. The van der Waals surface area contributed by atoms with Gasteiger partial charge in [0.05, 0.1) is 24.7 Å². The summed E-state index contributed by atoms with van der Waals surface area (Å²) in [5.41, 5.74) is 2.52. The third kappa shape index (κ3) is 2.36. The zero-order valence-corrected chi connectivity index (χ0v) is 12.3. The second kappa shape index (κ2) is 5.53. The molecule has 0 amide bonds. The molecule has 0 aliphatic rings. The molecule has 3 rings (SSSR count). The maximum Gasteiger partial charge on any atom is 0.341 e. The molecule has 0 bridgehead atoms. The molecule has 106 valence electrons. The van der Waals surface area contributed by atoms with Gasteiger partial charge in [0.2, 0.25) is 0 Å². The second-order valence-electron chi connectivity index (χ2n) is 4.18. The van der Waals surface area contributed by atoms with Crippen LogP contribution in [0.1, 0.15) is 10.4 Å². The molecule has 3 aromatic heterocycles. The van der Waals surface area contributed by atoms with Gasteiger partial charge in [-0.05, 0) is 24.5 Å². The van der Waals surface area contributed by atoms with Gasteiger partial charge >= 0.3 is 5.97 Å². The molecule has 7 heteroatoms. The van der Waals surface area contributed by atoms with E-state index in [1.165, 1.54) is 18.9 Å². The Balaban J connectivity index is 2.18. The molecule has 3 aromatic rings. The molecule has 0 saturated carbocycles. The van der Waals surface area contributed by atoms with Crippen LogP contribution in [-0.2, 0) is 4.74 Å². The maximum absolute atomic E-state index is 11.8. The number of esters is 1. The predicted molar refractivity (Wildman–Crippen MR) is 79.3 cm³/mol. The van der Waals surface area contributed by atoms with Crippen LogP contribution in [0.15, 0.2) is 41.9 Å². The first-order chi connectivity index (χ1) is 10.2. The normalized spacial score (nSPS) is 10.8. The number of fused-ring (bicyclic) bond motifs is 1. The van der Waals surface area contributed by atoms with Crippen LogP contribution in [0.3, 0.4) is 0 Å². The minimum Gasteiger partial charge on any atom is -0.465 e. The third-order valence-corrected chi connectivity index (χ3v) is 3.58. The van der Waals surface area contributed by atoms with Gasteiger partial charge in [-0.2, -0.15) is 0 Å².